The topological polar surface area (TPSA) is 87.6 Å². The van der Waals surface area contributed by atoms with Crippen LogP contribution in [0.4, 0.5) is 0 Å². The van der Waals surface area contributed by atoms with Crippen molar-refractivity contribution in [3.8, 4) is 23.2 Å². The van der Waals surface area contributed by atoms with Crippen molar-refractivity contribution in [3.63, 3.8) is 0 Å². The van der Waals surface area contributed by atoms with Gasteiger partial charge in [0.05, 0.1) is 18.2 Å². The Labute approximate surface area is 120 Å². The number of aromatic nitrogens is 4. The smallest absolute Gasteiger partial charge is 0.182 e. The first kappa shape index (κ1) is 12.8. The number of benzene rings is 2. The predicted octanol–water partition coefficient (Wildman–Crippen LogP) is 1.97. The molecule has 0 saturated carbocycles. The summed E-state index contributed by atoms with van der Waals surface area (Å²) in [7, 11) is 0. The molecule has 0 saturated heterocycles. The Kier molecular flexibility index (Phi) is 3.31. The molecule has 0 aliphatic heterocycles. The van der Waals surface area contributed by atoms with Crippen LogP contribution in [-0.4, -0.2) is 25.3 Å². The highest BCUT2D eigenvalue weighted by molar-refractivity contribution is 5.55. The highest BCUT2D eigenvalue weighted by Crippen LogP contribution is 2.19. The van der Waals surface area contributed by atoms with Crippen LogP contribution in [0.15, 0.2) is 48.5 Å². The Morgan fingerprint density at radius 3 is 2.71 bits per heavy atom. The van der Waals surface area contributed by atoms with Crippen molar-refractivity contribution in [3.05, 3.63) is 59.7 Å². The predicted molar refractivity (Wildman–Crippen MR) is 75.2 cm³/mol. The van der Waals surface area contributed by atoms with E-state index in [0.29, 0.717) is 17.9 Å². The van der Waals surface area contributed by atoms with E-state index in [-0.39, 0.29) is 5.75 Å². The standard InChI is InChI=1S/C15H11N5O/c16-9-11-2-1-3-12(8-11)10-20-15(17-18-19-20)13-4-6-14(21)7-5-13/h1-8,21H,10H2. The van der Waals surface area contributed by atoms with Gasteiger partial charge in [0.15, 0.2) is 5.82 Å². The Balaban J connectivity index is 1.92. The Bertz CT molecular complexity index is 801. The fraction of sp³-hybridized carbons (Fsp3) is 0.0667. The van der Waals surface area contributed by atoms with Gasteiger partial charge in [-0.15, -0.1) is 5.10 Å². The molecule has 0 unspecified atom stereocenters. The van der Waals surface area contributed by atoms with Crippen molar-refractivity contribution in [2.75, 3.05) is 0 Å². The van der Waals surface area contributed by atoms with Gasteiger partial charge in [-0.05, 0) is 52.4 Å². The number of nitriles is 1. The molecule has 3 rings (SSSR count). The van der Waals surface area contributed by atoms with Gasteiger partial charge in [0.1, 0.15) is 5.75 Å². The van der Waals surface area contributed by atoms with Crippen LogP contribution in [0, 0.1) is 11.3 Å². The highest BCUT2D eigenvalue weighted by atomic mass is 16.3. The summed E-state index contributed by atoms with van der Waals surface area (Å²) in [5.41, 5.74) is 2.36. The first-order valence-corrected chi connectivity index (χ1v) is 6.31. The maximum Gasteiger partial charge on any atom is 0.182 e. The minimum absolute atomic E-state index is 0.194. The number of aromatic hydroxyl groups is 1. The Hall–Kier alpha value is -3.20. The summed E-state index contributed by atoms with van der Waals surface area (Å²) in [6.45, 7) is 0.471. The van der Waals surface area contributed by atoms with E-state index in [4.69, 9.17) is 5.26 Å². The summed E-state index contributed by atoms with van der Waals surface area (Å²) >= 11 is 0. The maximum absolute atomic E-state index is 9.33. The van der Waals surface area contributed by atoms with E-state index in [1.807, 2.05) is 18.2 Å². The van der Waals surface area contributed by atoms with E-state index in [1.165, 1.54) is 0 Å². The quantitative estimate of drug-likeness (QED) is 0.790. The lowest BCUT2D eigenvalue weighted by molar-refractivity contribution is 0.475. The lowest BCUT2D eigenvalue weighted by Gasteiger charge is -2.05. The number of nitrogens with zero attached hydrogens (tertiary/aromatic N) is 5. The van der Waals surface area contributed by atoms with Gasteiger partial charge in [0.25, 0.3) is 0 Å². The molecule has 6 heteroatoms. The number of rotatable bonds is 3. The average Bonchev–Trinajstić information content (AvgIpc) is 2.96. The number of hydrogen-bond donors (Lipinski definition) is 1. The Morgan fingerprint density at radius 2 is 1.95 bits per heavy atom. The van der Waals surface area contributed by atoms with Gasteiger partial charge in [-0.25, -0.2) is 4.68 Å². The molecule has 3 aromatic rings. The average molecular weight is 277 g/mol. The molecular weight excluding hydrogens is 266 g/mol. The fourth-order valence-electron chi connectivity index (χ4n) is 2.04. The van der Waals surface area contributed by atoms with Gasteiger partial charge in [0, 0.05) is 5.56 Å². The monoisotopic (exact) mass is 277 g/mol. The molecule has 0 bridgehead atoms. The van der Waals surface area contributed by atoms with E-state index in [1.54, 1.807) is 35.0 Å². The zero-order valence-electron chi connectivity index (χ0n) is 11.0. The summed E-state index contributed by atoms with van der Waals surface area (Å²) in [4.78, 5) is 0. The summed E-state index contributed by atoms with van der Waals surface area (Å²) in [6.07, 6.45) is 0. The van der Waals surface area contributed by atoms with E-state index < -0.39 is 0 Å². The van der Waals surface area contributed by atoms with Crippen LogP contribution in [0.5, 0.6) is 5.75 Å². The normalized spacial score (nSPS) is 10.2. The van der Waals surface area contributed by atoms with Crippen molar-refractivity contribution < 1.29 is 5.11 Å². The first-order valence-electron chi connectivity index (χ1n) is 6.31. The van der Waals surface area contributed by atoms with E-state index in [2.05, 4.69) is 21.6 Å². The second-order valence-corrected chi connectivity index (χ2v) is 4.52. The maximum atomic E-state index is 9.33. The summed E-state index contributed by atoms with van der Waals surface area (Å²) < 4.78 is 1.66. The van der Waals surface area contributed by atoms with Crippen molar-refractivity contribution >= 4 is 0 Å². The highest BCUT2D eigenvalue weighted by Gasteiger charge is 2.09. The summed E-state index contributed by atoms with van der Waals surface area (Å²) in [6, 6.07) is 16.1. The number of tetrazole rings is 1. The molecule has 1 heterocycles. The molecule has 0 aliphatic rings. The number of phenols is 1. The third kappa shape index (κ3) is 2.72. The van der Waals surface area contributed by atoms with Crippen LogP contribution < -0.4 is 0 Å². The molecular formula is C15H11N5O. The van der Waals surface area contributed by atoms with Crippen LogP contribution in [0.1, 0.15) is 11.1 Å². The van der Waals surface area contributed by atoms with Crippen molar-refractivity contribution in [1.29, 1.82) is 5.26 Å². The molecule has 6 nitrogen and oxygen atoms in total. The Morgan fingerprint density at radius 1 is 1.14 bits per heavy atom. The SMILES string of the molecule is N#Cc1cccc(Cn2nnnc2-c2ccc(O)cc2)c1. The van der Waals surface area contributed by atoms with Gasteiger partial charge in [-0.3, -0.25) is 0 Å². The second-order valence-electron chi connectivity index (χ2n) is 4.52. The molecule has 102 valence electrons. The zero-order chi connectivity index (χ0) is 14.7. The summed E-state index contributed by atoms with van der Waals surface area (Å²) in [5.74, 6) is 0.803. The minimum Gasteiger partial charge on any atom is -0.508 e. The van der Waals surface area contributed by atoms with Gasteiger partial charge in [-0.2, -0.15) is 5.26 Å². The van der Waals surface area contributed by atoms with Gasteiger partial charge >= 0.3 is 0 Å². The molecule has 0 fully saturated rings. The lowest BCUT2D eigenvalue weighted by Crippen LogP contribution is -2.04. The molecule has 0 amide bonds. The van der Waals surface area contributed by atoms with Crippen molar-refractivity contribution in [2.45, 2.75) is 6.54 Å². The molecule has 0 spiro atoms. The molecule has 1 N–H and O–H groups in total. The van der Waals surface area contributed by atoms with Crippen LogP contribution >= 0.6 is 0 Å². The lowest BCUT2D eigenvalue weighted by atomic mass is 10.1. The molecule has 1 aromatic heterocycles. The number of phenolic OH excluding ortho intramolecular Hbond substituents is 1. The molecule has 21 heavy (non-hydrogen) atoms. The van der Waals surface area contributed by atoms with Crippen LogP contribution in [0.3, 0.4) is 0 Å². The molecule has 0 radical (unpaired) electrons. The minimum atomic E-state index is 0.194. The fourth-order valence-corrected chi connectivity index (χ4v) is 2.04. The van der Waals surface area contributed by atoms with E-state index >= 15 is 0 Å². The molecule has 2 aromatic carbocycles. The van der Waals surface area contributed by atoms with Crippen LogP contribution in [-0.2, 0) is 6.54 Å². The van der Waals surface area contributed by atoms with Crippen molar-refractivity contribution in [2.24, 2.45) is 0 Å². The third-order valence-corrected chi connectivity index (χ3v) is 3.05. The van der Waals surface area contributed by atoms with Crippen LogP contribution in [0.25, 0.3) is 11.4 Å². The van der Waals surface area contributed by atoms with Gasteiger partial charge in [-0.1, -0.05) is 12.1 Å². The number of hydrogen-bond acceptors (Lipinski definition) is 5. The molecule has 0 aliphatic carbocycles. The van der Waals surface area contributed by atoms with Gasteiger partial charge < -0.3 is 5.11 Å². The summed E-state index contributed by atoms with van der Waals surface area (Å²) in [5, 5.41) is 29.9. The largest absolute Gasteiger partial charge is 0.508 e. The van der Waals surface area contributed by atoms with E-state index in [9.17, 15) is 5.11 Å². The molecule has 0 atom stereocenters. The van der Waals surface area contributed by atoms with Crippen LogP contribution in [0.2, 0.25) is 0 Å². The third-order valence-electron chi connectivity index (χ3n) is 3.05. The first-order chi connectivity index (χ1) is 10.3. The van der Waals surface area contributed by atoms with Gasteiger partial charge in [0.2, 0.25) is 0 Å². The van der Waals surface area contributed by atoms with Crippen molar-refractivity contribution in [1.82, 2.24) is 20.2 Å². The second kappa shape index (κ2) is 5.43. The zero-order valence-corrected chi connectivity index (χ0v) is 11.0. The van der Waals surface area contributed by atoms with E-state index in [0.717, 1.165) is 11.1 Å².